The van der Waals surface area contributed by atoms with Gasteiger partial charge in [0.05, 0.1) is 18.8 Å². The second kappa shape index (κ2) is 8.18. The zero-order chi connectivity index (χ0) is 15.0. The predicted molar refractivity (Wildman–Crippen MR) is 74.3 cm³/mol. The first-order valence-corrected chi connectivity index (χ1v) is 6.93. The topological polar surface area (TPSA) is 90.9 Å². The van der Waals surface area contributed by atoms with Crippen LogP contribution in [0.4, 0.5) is 4.79 Å². The van der Waals surface area contributed by atoms with Crippen LogP contribution in [0, 0.1) is 0 Å². The van der Waals surface area contributed by atoms with E-state index < -0.39 is 11.6 Å². The number of carbonyl (C=O) groups excluding carboxylic acids is 2. The average molecular weight is 287 g/mol. The van der Waals surface area contributed by atoms with Gasteiger partial charge < -0.3 is 15.2 Å². The Kier molecular flexibility index (Phi) is 6.90. The van der Waals surface area contributed by atoms with Gasteiger partial charge in [-0.05, 0) is 19.9 Å². The lowest BCUT2D eigenvalue weighted by atomic mass is 10.0. The first-order valence-electron chi connectivity index (χ1n) is 6.93. The van der Waals surface area contributed by atoms with E-state index in [0.29, 0.717) is 19.7 Å². The molecule has 0 aromatic heterocycles. The molecule has 1 saturated carbocycles. The van der Waals surface area contributed by atoms with Gasteiger partial charge in [0, 0.05) is 20.2 Å². The third-order valence-corrected chi connectivity index (χ3v) is 3.36. The number of urea groups is 1. The summed E-state index contributed by atoms with van der Waals surface area (Å²) < 4.78 is 4.78. The van der Waals surface area contributed by atoms with Gasteiger partial charge >= 0.3 is 6.03 Å². The number of methoxy groups -OCH3 is 1. The molecule has 1 aliphatic carbocycles. The minimum absolute atomic E-state index is 0.0833. The van der Waals surface area contributed by atoms with Crippen molar-refractivity contribution < 1.29 is 19.4 Å². The smallest absolute Gasteiger partial charge is 0.321 e. The van der Waals surface area contributed by atoms with Crippen LogP contribution in [-0.2, 0) is 9.53 Å². The summed E-state index contributed by atoms with van der Waals surface area (Å²) in [4.78, 5) is 24.7. The Hall–Kier alpha value is -1.18. The van der Waals surface area contributed by atoms with E-state index in [1.165, 1.54) is 7.11 Å². The van der Waals surface area contributed by atoms with Crippen molar-refractivity contribution in [2.75, 3.05) is 40.4 Å². The van der Waals surface area contributed by atoms with Crippen molar-refractivity contribution in [3.8, 4) is 0 Å². The molecule has 0 heterocycles. The average Bonchev–Trinajstić information content (AvgIpc) is 2.75. The van der Waals surface area contributed by atoms with E-state index >= 15 is 0 Å². The Labute approximate surface area is 119 Å². The van der Waals surface area contributed by atoms with Gasteiger partial charge in [-0.2, -0.15) is 0 Å². The quantitative estimate of drug-likeness (QED) is 0.559. The number of amides is 3. The standard InChI is InChI=1S/C13H25N3O4/c1-16(10-13(19)5-3-4-6-13)9-11(17)15-12(18)14-7-8-20-2/h19H,3-10H2,1-2H3,(H2,14,15,17,18). The fourth-order valence-corrected chi connectivity index (χ4v) is 2.47. The number of imide groups is 1. The van der Waals surface area contributed by atoms with Crippen molar-refractivity contribution >= 4 is 11.9 Å². The monoisotopic (exact) mass is 287 g/mol. The molecule has 3 amide bonds. The van der Waals surface area contributed by atoms with E-state index in [1.807, 2.05) is 0 Å². The van der Waals surface area contributed by atoms with E-state index in [9.17, 15) is 14.7 Å². The molecule has 0 saturated heterocycles. The van der Waals surface area contributed by atoms with Crippen molar-refractivity contribution in [1.29, 1.82) is 0 Å². The maximum absolute atomic E-state index is 11.6. The predicted octanol–water partition coefficient (Wildman–Crippen LogP) is -0.304. The molecule has 0 aliphatic heterocycles. The number of aliphatic hydroxyl groups is 1. The van der Waals surface area contributed by atoms with E-state index in [0.717, 1.165) is 25.7 Å². The van der Waals surface area contributed by atoms with Gasteiger partial charge in [-0.25, -0.2) is 4.79 Å². The van der Waals surface area contributed by atoms with Crippen molar-refractivity contribution in [2.24, 2.45) is 0 Å². The molecule has 1 fully saturated rings. The Morgan fingerprint density at radius 2 is 2.00 bits per heavy atom. The molecule has 0 aromatic rings. The van der Waals surface area contributed by atoms with Gasteiger partial charge in [0.15, 0.2) is 0 Å². The number of carbonyl (C=O) groups is 2. The molecule has 0 atom stereocenters. The van der Waals surface area contributed by atoms with Gasteiger partial charge in [0.25, 0.3) is 0 Å². The van der Waals surface area contributed by atoms with Crippen LogP contribution in [0.15, 0.2) is 0 Å². The second-order valence-electron chi connectivity index (χ2n) is 5.40. The van der Waals surface area contributed by atoms with Crippen LogP contribution in [0.25, 0.3) is 0 Å². The summed E-state index contributed by atoms with van der Waals surface area (Å²) in [6.07, 6.45) is 3.60. The molecule has 20 heavy (non-hydrogen) atoms. The number of ether oxygens (including phenoxy) is 1. The molecule has 1 aliphatic rings. The molecule has 0 bridgehead atoms. The van der Waals surface area contributed by atoms with Gasteiger partial charge in [0.1, 0.15) is 0 Å². The van der Waals surface area contributed by atoms with Gasteiger partial charge in [-0.15, -0.1) is 0 Å². The summed E-state index contributed by atoms with van der Waals surface area (Å²) in [6, 6.07) is -0.528. The first-order chi connectivity index (χ1) is 9.45. The molecule has 7 nitrogen and oxygen atoms in total. The Morgan fingerprint density at radius 3 is 2.60 bits per heavy atom. The highest BCUT2D eigenvalue weighted by atomic mass is 16.5. The summed E-state index contributed by atoms with van der Waals surface area (Å²) in [5.74, 6) is -0.385. The van der Waals surface area contributed by atoms with E-state index in [2.05, 4.69) is 10.6 Å². The lowest BCUT2D eigenvalue weighted by Crippen LogP contribution is -2.47. The second-order valence-corrected chi connectivity index (χ2v) is 5.40. The SMILES string of the molecule is COCCNC(=O)NC(=O)CN(C)CC1(O)CCCC1. The molecule has 0 unspecified atom stereocenters. The number of nitrogens with zero attached hydrogens (tertiary/aromatic N) is 1. The van der Waals surface area contributed by atoms with Crippen LogP contribution < -0.4 is 10.6 Å². The zero-order valence-electron chi connectivity index (χ0n) is 12.3. The summed E-state index contributed by atoms with van der Waals surface area (Å²) in [5, 5.41) is 15.0. The lowest BCUT2D eigenvalue weighted by Gasteiger charge is -2.28. The van der Waals surface area contributed by atoms with Crippen LogP contribution in [0.3, 0.4) is 0 Å². The van der Waals surface area contributed by atoms with Crippen molar-refractivity contribution in [2.45, 2.75) is 31.3 Å². The van der Waals surface area contributed by atoms with Crippen LogP contribution in [0.5, 0.6) is 0 Å². The third kappa shape index (κ3) is 6.31. The maximum Gasteiger partial charge on any atom is 0.321 e. The Bertz CT molecular complexity index is 330. The number of nitrogens with one attached hydrogen (secondary N) is 2. The number of hydrogen-bond donors (Lipinski definition) is 3. The largest absolute Gasteiger partial charge is 0.389 e. The molecule has 1 rings (SSSR count). The first kappa shape index (κ1) is 16.9. The molecular weight excluding hydrogens is 262 g/mol. The number of hydrogen-bond acceptors (Lipinski definition) is 5. The normalized spacial score (nSPS) is 17.2. The highest BCUT2D eigenvalue weighted by Crippen LogP contribution is 2.29. The van der Waals surface area contributed by atoms with Crippen molar-refractivity contribution in [1.82, 2.24) is 15.5 Å². The van der Waals surface area contributed by atoms with E-state index in [-0.39, 0.29) is 12.5 Å². The van der Waals surface area contributed by atoms with Gasteiger partial charge in [0.2, 0.25) is 5.91 Å². The third-order valence-electron chi connectivity index (χ3n) is 3.36. The number of rotatable bonds is 7. The highest BCUT2D eigenvalue weighted by molar-refractivity contribution is 5.95. The lowest BCUT2D eigenvalue weighted by molar-refractivity contribution is -0.121. The molecular formula is C13H25N3O4. The summed E-state index contributed by atoms with van der Waals surface area (Å²) in [6.45, 7) is 1.28. The van der Waals surface area contributed by atoms with Crippen molar-refractivity contribution in [3.63, 3.8) is 0 Å². The van der Waals surface area contributed by atoms with Crippen LogP contribution in [0.1, 0.15) is 25.7 Å². The summed E-state index contributed by atoms with van der Waals surface area (Å²) in [5.41, 5.74) is -0.685. The van der Waals surface area contributed by atoms with Crippen molar-refractivity contribution in [3.05, 3.63) is 0 Å². The van der Waals surface area contributed by atoms with E-state index in [4.69, 9.17) is 4.74 Å². The van der Waals surface area contributed by atoms with Crippen LogP contribution in [0.2, 0.25) is 0 Å². The number of likely N-dealkylation sites (N-methyl/N-ethyl adjacent to an activating group) is 1. The van der Waals surface area contributed by atoms with E-state index in [1.54, 1.807) is 11.9 Å². The van der Waals surface area contributed by atoms with Crippen LogP contribution in [-0.4, -0.2) is 67.9 Å². The zero-order valence-corrected chi connectivity index (χ0v) is 12.3. The Morgan fingerprint density at radius 1 is 1.35 bits per heavy atom. The minimum Gasteiger partial charge on any atom is -0.389 e. The molecule has 3 N–H and O–H groups in total. The van der Waals surface area contributed by atoms with Gasteiger partial charge in [-0.1, -0.05) is 12.8 Å². The Balaban J connectivity index is 2.22. The van der Waals surface area contributed by atoms with Gasteiger partial charge in [-0.3, -0.25) is 15.0 Å². The highest BCUT2D eigenvalue weighted by Gasteiger charge is 2.32. The minimum atomic E-state index is -0.685. The molecule has 0 spiro atoms. The molecule has 116 valence electrons. The maximum atomic E-state index is 11.6. The molecule has 7 heteroatoms. The summed E-state index contributed by atoms with van der Waals surface area (Å²) in [7, 11) is 3.30. The molecule has 0 radical (unpaired) electrons. The fourth-order valence-electron chi connectivity index (χ4n) is 2.47. The fraction of sp³-hybridized carbons (Fsp3) is 0.846. The van der Waals surface area contributed by atoms with Crippen LogP contribution >= 0.6 is 0 Å². The summed E-state index contributed by atoms with van der Waals surface area (Å²) >= 11 is 0. The molecule has 0 aromatic carbocycles.